The number of nitrogens with two attached hydrogens (primary N) is 1. The first kappa shape index (κ1) is 8.70. The maximum absolute atomic E-state index is 13.3. The summed E-state index contributed by atoms with van der Waals surface area (Å²) in [6.07, 6.45) is 2.99. The van der Waals surface area contributed by atoms with E-state index in [1.807, 2.05) is 12.1 Å². The minimum absolute atomic E-state index is 0.0819. The van der Waals surface area contributed by atoms with Gasteiger partial charge in [-0.3, -0.25) is 0 Å². The van der Waals surface area contributed by atoms with Crippen LogP contribution >= 0.6 is 0 Å². The van der Waals surface area contributed by atoms with Crippen LogP contribution in [0.25, 0.3) is 0 Å². The van der Waals surface area contributed by atoms with Crippen molar-refractivity contribution >= 4 is 0 Å². The normalized spacial score (nSPS) is 27.8. The highest BCUT2D eigenvalue weighted by Crippen LogP contribution is 2.34. The average Bonchev–Trinajstić information content (AvgIpc) is 2.53. The van der Waals surface area contributed by atoms with E-state index in [0.29, 0.717) is 5.92 Å². The second-order valence-electron chi connectivity index (χ2n) is 3.79. The van der Waals surface area contributed by atoms with Gasteiger partial charge in [0.05, 0.1) is 0 Å². The van der Waals surface area contributed by atoms with Crippen molar-refractivity contribution in [2.45, 2.75) is 31.2 Å². The van der Waals surface area contributed by atoms with E-state index in [9.17, 15) is 4.39 Å². The third-order valence-electron chi connectivity index (χ3n) is 2.82. The molecule has 1 aliphatic rings. The molecule has 0 spiro atoms. The Bertz CT molecular complexity index is 298. The van der Waals surface area contributed by atoms with Crippen molar-refractivity contribution in [3.63, 3.8) is 0 Å². The van der Waals surface area contributed by atoms with Crippen LogP contribution < -0.4 is 5.73 Å². The van der Waals surface area contributed by atoms with E-state index in [1.165, 1.54) is 6.07 Å². The predicted molar refractivity (Wildman–Crippen MR) is 51.0 cm³/mol. The second-order valence-corrected chi connectivity index (χ2v) is 3.79. The molecular formula is C11H14FN. The molecule has 1 aliphatic carbocycles. The Labute approximate surface area is 77.8 Å². The van der Waals surface area contributed by atoms with E-state index in [-0.39, 0.29) is 11.9 Å². The van der Waals surface area contributed by atoms with Crippen molar-refractivity contribution in [3.05, 3.63) is 35.6 Å². The summed E-state index contributed by atoms with van der Waals surface area (Å²) in [4.78, 5) is 0. The van der Waals surface area contributed by atoms with E-state index in [2.05, 4.69) is 0 Å². The van der Waals surface area contributed by atoms with Gasteiger partial charge in [0.2, 0.25) is 0 Å². The van der Waals surface area contributed by atoms with E-state index in [4.69, 9.17) is 5.73 Å². The van der Waals surface area contributed by atoms with Gasteiger partial charge in [-0.25, -0.2) is 4.39 Å². The minimum Gasteiger partial charge on any atom is -0.328 e. The molecule has 0 radical (unpaired) electrons. The quantitative estimate of drug-likeness (QED) is 0.704. The van der Waals surface area contributed by atoms with Gasteiger partial charge < -0.3 is 5.73 Å². The van der Waals surface area contributed by atoms with Crippen molar-refractivity contribution < 1.29 is 4.39 Å². The lowest BCUT2D eigenvalue weighted by atomic mass is 9.97. The van der Waals surface area contributed by atoms with Gasteiger partial charge in [0.25, 0.3) is 0 Å². The maximum atomic E-state index is 13.3. The van der Waals surface area contributed by atoms with E-state index >= 15 is 0 Å². The number of hydrogen-bond acceptors (Lipinski definition) is 1. The van der Waals surface area contributed by atoms with Gasteiger partial charge >= 0.3 is 0 Å². The van der Waals surface area contributed by atoms with E-state index in [1.54, 1.807) is 6.07 Å². The largest absolute Gasteiger partial charge is 0.328 e. The summed E-state index contributed by atoms with van der Waals surface area (Å²) in [5.41, 5.74) is 6.63. The molecule has 2 unspecified atom stereocenters. The molecule has 1 fully saturated rings. The van der Waals surface area contributed by atoms with Crippen LogP contribution in [-0.2, 0) is 0 Å². The summed E-state index contributed by atoms with van der Waals surface area (Å²) in [6.45, 7) is 0. The maximum Gasteiger partial charge on any atom is 0.126 e. The molecule has 2 N–H and O–H groups in total. The summed E-state index contributed by atoms with van der Waals surface area (Å²) >= 11 is 0. The van der Waals surface area contributed by atoms with Crippen LogP contribution in [0.1, 0.15) is 30.7 Å². The van der Waals surface area contributed by atoms with Gasteiger partial charge in [-0.05, 0) is 36.8 Å². The zero-order valence-electron chi connectivity index (χ0n) is 7.54. The van der Waals surface area contributed by atoms with Gasteiger partial charge in [-0.1, -0.05) is 18.2 Å². The standard InChI is InChI=1S/C11H14FN/c12-11-4-2-1-3-10(11)8-5-6-9(13)7-8/h1-4,8-9H,5-7,13H2. The summed E-state index contributed by atoms with van der Waals surface area (Å²) in [5.74, 6) is 0.262. The van der Waals surface area contributed by atoms with Crippen molar-refractivity contribution in [3.8, 4) is 0 Å². The monoisotopic (exact) mass is 179 g/mol. The molecule has 2 atom stereocenters. The fraction of sp³-hybridized carbons (Fsp3) is 0.455. The summed E-state index contributed by atoms with van der Waals surface area (Å²) < 4.78 is 13.3. The first-order chi connectivity index (χ1) is 6.27. The Kier molecular flexibility index (Phi) is 2.32. The van der Waals surface area contributed by atoms with Gasteiger partial charge in [-0.2, -0.15) is 0 Å². The number of halogens is 1. The van der Waals surface area contributed by atoms with Crippen molar-refractivity contribution in [1.82, 2.24) is 0 Å². The lowest BCUT2D eigenvalue weighted by molar-refractivity contribution is 0.576. The molecule has 0 saturated heterocycles. The van der Waals surface area contributed by atoms with Crippen LogP contribution in [0.15, 0.2) is 24.3 Å². The topological polar surface area (TPSA) is 26.0 Å². The Morgan fingerprint density at radius 3 is 2.62 bits per heavy atom. The number of hydrogen-bond donors (Lipinski definition) is 1. The molecule has 1 aromatic rings. The lowest BCUT2D eigenvalue weighted by Crippen LogP contribution is -2.14. The zero-order chi connectivity index (χ0) is 9.26. The van der Waals surface area contributed by atoms with Crippen LogP contribution in [0.4, 0.5) is 4.39 Å². The fourth-order valence-electron chi connectivity index (χ4n) is 2.11. The number of rotatable bonds is 1. The van der Waals surface area contributed by atoms with Crippen LogP contribution in [0.3, 0.4) is 0 Å². The van der Waals surface area contributed by atoms with Crippen LogP contribution in [-0.4, -0.2) is 6.04 Å². The molecule has 1 saturated carbocycles. The lowest BCUT2D eigenvalue weighted by Gasteiger charge is -2.10. The molecule has 1 nitrogen and oxygen atoms in total. The minimum atomic E-state index is -0.0819. The molecule has 1 aromatic carbocycles. The Hall–Kier alpha value is -0.890. The highest BCUT2D eigenvalue weighted by Gasteiger charge is 2.24. The highest BCUT2D eigenvalue weighted by atomic mass is 19.1. The van der Waals surface area contributed by atoms with Gasteiger partial charge in [0, 0.05) is 6.04 Å². The number of benzene rings is 1. The average molecular weight is 179 g/mol. The van der Waals surface area contributed by atoms with E-state index < -0.39 is 0 Å². The Morgan fingerprint density at radius 1 is 1.23 bits per heavy atom. The predicted octanol–water partition coefficient (Wildman–Crippen LogP) is 2.42. The van der Waals surface area contributed by atoms with Gasteiger partial charge in [0.15, 0.2) is 0 Å². The molecule has 13 heavy (non-hydrogen) atoms. The van der Waals surface area contributed by atoms with Crippen molar-refractivity contribution in [1.29, 1.82) is 0 Å². The van der Waals surface area contributed by atoms with Gasteiger partial charge in [-0.15, -0.1) is 0 Å². The van der Waals surface area contributed by atoms with Crippen molar-refractivity contribution in [2.75, 3.05) is 0 Å². The second kappa shape index (κ2) is 3.46. The molecular weight excluding hydrogens is 165 g/mol. The molecule has 0 bridgehead atoms. The summed E-state index contributed by atoms with van der Waals surface area (Å²) in [7, 11) is 0. The van der Waals surface area contributed by atoms with Crippen LogP contribution in [0.2, 0.25) is 0 Å². The third-order valence-corrected chi connectivity index (χ3v) is 2.82. The van der Waals surface area contributed by atoms with Crippen LogP contribution in [0.5, 0.6) is 0 Å². The third kappa shape index (κ3) is 1.73. The molecule has 0 aromatic heterocycles. The Morgan fingerprint density at radius 2 is 2.00 bits per heavy atom. The first-order valence-electron chi connectivity index (χ1n) is 4.77. The molecule has 70 valence electrons. The fourth-order valence-corrected chi connectivity index (χ4v) is 2.11. The summed E-state index contributed by atoms with van der Waals surface area (Å²) in [5, 5.41) is 0. The van der Waals surface area contributed by atoms with E-state index in [0.717, 1.165) is 24.8 Å². The highest BCUT2D eigenvalue weighted by molar-refractivity contribution is 5.23. The zero-order valence-corrected chi connectivity index (χ0v) is 7.54. The van der Waals surface area contributed by atoms with Crippen molar-refractivity contribution in [2.24, 2.45) is 5.73 Å². The molecule has 0 aliphatic heterocycles. The Balaban J connectivity index is 2.21. The first-order valence-corrected chi connectivity index (χ1v) is 4.77. The van der Waals surface area contributed by atoms with Crippen LogP contribution in [0, 0.1) is 5.82 Å². The molecule has 2 rings (SSSR count). The SMILES string of the molecule is NC1CCC(c2ccccc2F)C1. The molecule has 2 heteroatoms. The summed E-state index contributed by atoms with van der Waals surface area (Å²) in [6, 6.07) is 7.29. The smallest absolute Gasteiger partial charge is 0.126 e. The molecule has 0 amide bonds. The van der Waals surface area contributed by atoms with Gasteiger partial charge in [0.1, 0.15) is 5.82 Å². The molecule has 0 heterocycles.